The Balaban J connectivity index is 2.92. The molecule has 1 N–H and O–H groups in total. The molecule has 0 spiro atoms. The Hall–Kier alpha value is -2.18. The number of nitrogens with zero attached hydrogens (tertiary/aromatic N) is 3. The van der Waals surface area contributed by atoms with Crippen molar-refractivity contribution in [3.63, 3.8) is 0 Å². The molecular weight excluding hydrogens is 236 g/mol. The van der Waals surface area contributed by atoms with E-state index < -0.39 is 5.97 Å². The number of esters is 1. The number of anilines is 1. The second-order valence-corrected chi connectivity index (χ2v) is 3.26. The van der Waals surface area contributed by atoms with Gasteiger partial charge in [0.15, 0.2) is 11.5 Å². The van der Waals surface area contributed by atoms with Gasteiger partial charge in [-0.1, -0.05) is 6.92 Å². The van der Waals surface area contributed by atoms with Gasteiger partial charge >= 0.3 is 5.97 Å². The van der Waals surface area contributed by atoms with E-state index in [1.165, 1.54) is 26.6 Å². The summed E-state index contributed by atoms with van der Waals surface area (Å²) in [5, 5.41) is 2.80. The van der Waals surface area contributed by atoms with Crippen molar-refractivity contribution < 1.29 is 14.3 Å². The molecule has 1 aromatic heterocycles. The van der Waals surface area contributed by atoms with Crippen LogP contribution in [0.4, 0.5) is 5.82 Å². The molecular formula is C11H16N4O3. The zero-order chi connectivity index (χ0) is 13.4. The number of hydrogen-bond acceptors (Lipinski definition) is 6. The van der Waals surface area contributed by atoms with E-state index in [-0.39, 0.29) is 17.5 Å². The highest BCUT2D eigenvalue weighted by Crippen LogP contribution is 2.09. The smallest absolute Gasteiger partial charge is 0.360 e. The third-order valence-electron chi connectivity index (χ3n) is 1.97. The van der Waals surface area contributed by atoms with Crippen LogP contribution in [0.3, 0.4) is 0 Å². The highest BCUT2D eigenvalue weighted by atomic mass is 16.5. The van der Waals surface area contributed by atoms with Gasteiger partial charge in [0, 0.05) is 18.9 Å². The first-order valence-electron chi connectivity index (χ1n) is 5.47. The maximum atomic E-state index is 11.5. The largest absolute Gasteiger partial charge is 0.468 e. The molecule has 0 aliphatic carbocycles. The predicted molar refractivity (Wildman–Crippen MR) is 66.6 cm³/mol. The number of hydrogen-bond donors (Lipinski definition) is 1. The summed E-state index contributed by atoms with van der Waals surface area (Å²) in [6, 6.07) is 0.280. The van der Waals surface area contributed by atoms with Crippen molar-refractivity contribution in [1.29, 1.82) is 0 Å². The van der Waals surface area contributed by atoms with E-state index in [0.29, 0.717) is 6.54 Å². The standard InChI is InChI=1S/C11H16N4O3/c1-4-5-14-11(18-3)15-9-8(10(16)17-2)12-6-7-13-9/h6-7H,4-5H2,1-3H3,(H,13,14,15). The predicted octanol–water partition coefficient (Wildman–Crippen LogP) is 1.09. The summed E-state index contributed by atoms with van der Waals surface area (Å²) in [5.74, 6) is -0.322. The Morgan fingerprint density at radius 2 is 2.06 bits per heavy atom. The Morgan fingerprint density at radius 3 is 2.67 bits per heavy atom. The first kappa shape index (κ1) is 13.9. The molecule has 1 heterocycles. The number of aromatic nitrogens is 2. The van der Waals surface area contributed by atoms with Gasteiger partial charge in [0.05, 0.1) is 14.2 Å². The van der Waals surface area contributed by atoms with E-state index in [1.54, 1.807) is 0 Å². The fourth-order valence-corrected chi connectivity index (χ4v) is 1.15. The Morgan fingerprint density at radius 1 is 1.33 bits per heavy atom. The van der Waals surface area contributed by atoms with Crippen molar-refractivity contribution in [3.05, 3.63) is 18.1 Å². The quantitative estimate of drug-likeness (QED) is 0.490. The average molecular weight is 252 g/mol. The Kier molecular flexibility index (Phi) is 5.56. The van der Waals surface area contributed by atoms with Gasteiger partial charge in [-0.3, -0.25) is 5.32 Å². The Bertz CT molecular complexity index is 434. The molecule has 0 aromatic carbocycles. The van der Waals surface area contributed by atoms with Crippen LogP contribution in [0.25, 0.3) is 0 Å². The third-order valence-corrected chi connectivity index (χ3v) is 1.97. The fraction of sp³-hybridized carbons (Fsp3) is 0.455. The third kappa shape index (κ3) is 3.69. The van der Waals surface area contributed by atoms with E-state index in [9.17, 15) is 4.79 Å². The minimum atomic E-state index is -0.573. The van der Waals surface area contributed by atoms with E-state index >= 15 is 0 Å². The second kappa shape index (κ2) is 7.21. The molecule has 0 atom stereocenters. The molecule has 98 valence electrons. The molecule has 1 rings (SSSR count). The molecule has 0 aliphatic heterocycles. The SMILES string of the molecule is CCCN=C(Nc1nccnc1C(=O)OC)OC. The number of carbonyl (C=O) groups excluding carboxylic acids is 1. The van der Waals surface area contributed by atoms with E-state index in [1.807, 2.05) is 6.92 Å². The number of rotatable bonds is 4. The van der Waals surface area contributed by atoms with Crippen molar-refractivity contribution in [3.8, 4) is 0 Å². The zero-order valence-corrected chi connectivity index (χ0v) is 10.6. The second-order valence-electron chi connectivity index (χ2n) is 3.26. The summed E-state index contributed by atoms with van der Waals surface area (Å²) >= 11 is 0. The monoisotopic (exact) mass is 252 g/mol. The lowest BCUT2D eigenvalue weighted by molar-refractivity contribution is 0.0595. The number of carbonyl (C=O) groups is 1. The molecule has 7 nitrogen and oxygen atoms in total. The van der Waals surface area contributed by atoms with Crippen molar-refractivity contribution in [1.82, 2.24) is 9.97 Å². The molecule has 7 heteroatoms. The summed E-state index contributed by atoms with van der Waals surface area (Å²) in [4.78, 5) is 23.5. The molecule has 0 aliphatic rings. The van der Waals surface area contributed by atoms with Gasteiger partial charge in [-0.05, 0) is 6.42 Å². The van der Waals surface area contributed by atoms with Gasteiger partial charge in [0.25, 0.3) is 6.02 Å². The average Bonchev–Trinajstić information content (AvgIpc) is 2.43. The van der Waals surface area contributed by atoms with Crippen LogP contribution in [-0.4, -0.2) is 42.7 Å². The van der Waals surface area contributed by atoms with Crippen molar-refractivity contribution >= 4 is 17.8 Å². The summed E-state index contributed by atoms with van der Waals surface area (Å²) in [7, 11) is 2.76. The molecule has 0 fully saturated rings. The number of aliphatic imine (C=N–C) groups is 1. The molecule has 0 bridgehead atoms. The van der Waals surface area contributed by atoms with Gasteiger partial charge < -0.3 is 9.47 Å². The summed E-state index contributed by atoms with van der Waals surface area (Å²) in [5.41, 5.74) is 0.0845. The number of ether oxygens (including phenoxy) is 2. The number of amidine groups is 1. The normalized spacial score (nSPS) is 10.9. The summed E-state index contributed by atoms with van der Waals surface area (Å²) in [6.07, 6.45) is 3.76. The van der Waals surface area contributed by atoms with E-state index in [4.69, 9.17) is 4.74 Å². The van der Waals surface area contributed by atoms with Crippen LogP contribution in [0.15, 0.2) is 17.4 Å². The highest BCUT2D eigenvalue weighted by molar-refractivity contribution is 5.97. The molecule has 0 radical (unpaired) electrons. The molecule has 1 aromatic rings. The topological polar surface area (TPSA) is 85.7 Å². The van der Waals surface area contributed by atoms with Gasteiger partial charge in [0.1, 0.15) is 0 Å². The van der Waals surface area contributed by atoms with Crippen molar-refractivity contribution in [2.45, 2.75) is 13.3 Å². The van der Waals surface area contributed by atoms with Crippen LogP contribution in [-0.2, 0) is 9.47 Å². The highest BCUT2D eigenvalue weighted by Gasteiger charge is 2.15. The first-order chi connectivity index (χ1) is 8.72. The van der Waals surface area contributed by atoms with Gasteiger partial charge in [-0.25, -0.2) is 19.8 Å². The van der Waals surface area contributed by atoms with Crippen LogP contribution in [0.1, 0.15) is 23.8 Å². The minimum Gasteiger partial charge on any atom is -0.468 e. The Labute approximate surface area is 105 Å². The lowest BCUT2D eigenvalue weighted by Crippen LogP contribution is -2.19. The van der Waals surface area contributed by atoms with Crippen LogP contribution in [0.2, 0.25) is 0 Å². The van der Waals surface area contributed by atoms with E-state index in [0.717, 1.165) is 6.42 Å². The van der Waals surface area contributed by atoms with Crippen LogP contribution in [0, 0.1) is 0 Å². The van der Waals surface area contributed by atoms with Gasteiger partial charge in [-0.15, -0.1) is 0 Å². The zero-order valence-electron chi connectivity index (χ0n) is 10.6. The van der Waals surface area contributed by atoms with Crippen molar-refractivity contribution in [2.75, 3.05) is 26.1 Å². The summed E-state index contributed by atoms with van der Waals surface area (Å²) in [6.45, 7) is 2.61. The maximum absolute atomic E-state index is 11.5. The number of methoxy groups -OCH3 is 2. The lowest BCUT2D eigenvalue weighted by Gasteiger charge is -2.09. The number of nitrogens with one attached hydrogen (secondary N) is 1. The molecule has 18 heavy (non-hydrogen) atoms. The molecule has 0 saturated carbocycles. The van der Waals surface area contributed by atoms with Gasteiger partial charge in [-0.2, -0.15) is 0 Å². The van der Waals surface area contributed by atoms with Crippen LogP contribution in [0.5, 0.6) is 0 Å². The van der Waals surface area contributed by atoms with Crippen LogP contribution >= 0.6 is 0 Å². The van der Waals surface area contributed by atoms with Crippen molar-refractivity contribution in [2.24, 2.45) is 4.99 Å². The molecule has 0 saturated heterocycles. The first-order valence-corrected chi connectivity index (χ1v) is 5.47. The maximum Gasteiger partial charge on any atom is 0.360 e. The summed E-state index contributed by atoms with van der Waals surface area (Å²) < 4.78 is 9.65. The minimum absolute atomic E-state index is 0.0845. The van der Waals surface area contributed by atoms with Crippen LogP contribution < -0.4 is 5.32 Å². The van der Waals surface area contributed by atoms with Gasteiger partial charge in [0.2, 0.25) is 0 Å². The fourth-order valence-electron chi connectivity index (χ4n) is 1.15. The lowest BCUT2D eigenvalue weighted by atomic mass is 10.4. The van der Waals surface area contributed by atoms with E-state index in [2.05, 4.69) is 25.0 Å². The molecule has 0 unspecified atom stereocenters. The molecule has 0 amide bonds.